The molecule has 32 heavy (non-hydrogen) atoms. The predicted molar refractivity (Wildman–Crippen MR) is 127 cm³/mol. The molecule has 0 atom stereocenters. The number of carbonyl (C=O) groups excluding carboxylic acids is 1. The van der Waals surface area contributed by atoms with E-state index in [9.17, 15) is 9.18 Å². The van der Waals surface area contributed by atoms with Gasteiger partial charge in [0.15, 0.2) is 0 Å². The molecule has 1 heterocycles. The first-order valence-corrected chi connectivity index (χ1v) is 10.8. The van der Waals surface area contributed by atoms with Crippen LogP contribution in [-0.4, -0.2) is 31.8 Å². The van der Waals surface area contributed by atoms with E-state index in [1.165, 1.54) is 30.9 Å². The van der Waals surface area contributed by atoms with Crippen LogP contribution in [0.2, 0.25) is 0 Å². The highest BCUT2D eigenvalue weighted by Gasteiger charge is 2.20. The lowest BCUT2D eigenvalue weighted by molar-refractivity contribution is 0.180. The maximum absolute atomic E-state index is 15.0. The van der Waals surface area contributed by atoms with Gasteiger partial charge in [-0.3, -0.25) is 4.90 Å². The molecule has 1 saturated carbocycles. The number of methoxy groups -OCH3 is 1. The monoisotopic (exact) mass is 433 g/mol. The predicted octanol–water partition coefficient (Wildman–Crippen LogP) is 6.20. The van der Waals surface area contributed by atoms with Crippen molar-refractivity contribution in [2.75, 3.05) is 30.9 Å². The fourth-order valence-corrected chi connectivity index (χ4v) is 3.82. The molecule has 0 spiro atoms. The average molecular weight is 434 g/mol. The molecule has 0 unspecified atom stereocenters. The SMILES string of the molecule is COC(=O)N(C)c1ccc(-c2cc(C)c(-c3ccc(NCC4CC4)nc3)cc2C)c(F)c1. The lowest BCUT2D eigenvalue weighted by Crippen LogP contribution is -2.25. The second-order valence-corrected chi connectivity index (χ2v) is 8.43. The maximum Gasteiger partial charge on any atom is 0.413 e. The Hall–Kier alpha value is -3.41. The number of carbonyl (C=O) groups is 1. The fourth-order valence-electron chi connectivity index (χ4n) is 3.82. The van der Waals surface area contributed by atoms with E-state index in [-0.39, 0.29) is 5.82 Å². The molecule has 2 aromatic carbocycles. The third-order valence-electron chi connectivity index (χ3n) is 5.99. The van der Waals surface area contributed by atoms with E-state index in [1.54, 1.807) is 19.2 Å². The summed E-state index contributed by atoms with van der Waals surface area (Å²) in [6.45, 7) is 4.99. The van der Waals surface area contributed by atoms with Crippen LogP contribution in [0, 0.1) is 25.6 Å². The first kappa shape index (κ1) is 21.8. The van der Waals surface area contributed by atoms with Gasteiger partial charge in [0.1, 0.15) is 11.6 Å². The molecule has 6 heteroatoms. The number of aromatic nitrogens is 1. The van der Waals surface area contributed by atoms with Gasteiger partial charge in [0.25, 0.3) is 0 Å². The number of benzene rings is 2. The smallest absolute Gasteiger partial charge is 0.413 e. The fraction of sp³-hybridized carbons (Fsp3) is 0.308. The highest BCUT2D eigenvalue weighted by atomic mass is 19.1. The Kier molecular flexibility index (Phi) is 6.12. The molecule has 1 fully saturated rings. The summed E-state index contributed by atoms with van der Waals surface area (Å²) >= 11 is 0. The molecule has 0 aliphatic heterocycles. The number of hydrogen-bond acceptors (Lipinski definition) is 4. The van der Waals surface area contributed by atoms with Gasteiger partial charge in [0.05, 0.1) is 7.11 Å². The standard InChI is InChI=1S/C26H28FN3O2/c1-16-12-23(21-9-8-20(13-24(21)27)30(3)26(31)32-4)17(2)11-22(16)19-7-10-25(29-15-19)28-14-18-5-6-18/h7-13,15,18H,5-6,14H2,1-4H3,(H,28,29). The maximum atomic E-state index is 15.0. The zero-order chi connectivity index (χ0) is 22.8. The van der Waals surface area contributed by atoms with Crippen LogP contribution in [0.15, 0.2) is 48.7 Å². The summed E-state index contributed by atoms with van der Waals surface area (Å²) in [5.74, 6) is 1.30. The minimum absolute atomic E-state index is 0.388. The van der Waals surface area contributed by atoms with E-state index < -0.39 is 6.09 Å². The van der Waals surface area contributed by atoms with Crippen LogP contribution in [-0.2, 0) is 4.74 Å². The first-order valence-electron chi connectivity index (χ1n) is 10.8. The van der Waals surface area contributed by atoms with Crippen LogP contribution >= 0.6 is 0 Å². The molecular formula is C26H28FN3O2. The Morgan fingerprint density at radius 1 is 1.09 bits per heavy atom. The summed E-state index contributed by atoms with van der Waals surface area (Å²) < 4.78 is 19.7. The van der Waals surface area contributed by atoms with Crippen molar-refractivity contribution < 1.29 is 13.9 Å². The van der Waals surface area contributed by atoms with Gasteiger partial charge < -0.3 is 10.1 Å². The molecule has 1 N–H and O–H groups in total. The average Bonchev–Trinajstić information content (AvgIpc) is 3.63. The van der Waals surface area contributed by atoms with E-state index in [2.05, 4.69) is 22.4 Å². The summed E-state index contributed by atoms with van der Waals surface area (Å²) in [5.41, 5.74) is 5.88. The summed E-state index contributed by atoms with van der Waals surface area (Å²) in [4.78, 5) is 17.5. The van der Waals surface area contributed by atoms with Crippen LogP contribution < -0.4 is 10.2 Å². The number of anilines is 2. The van der Waals surface area contributed by atoms with Crippen molar-refractivity contribution in [2.45, 2.75) is 26.7 Å². The minimum atomic E-state index is -0.545. The third-order valence-corrected chi connectivity index (χ3v) is 5.99. The van der Waals surface area contributed by atoms with Gasteiger partial charge in [-0.2, -0.15) is 0 Å². The van der Waals surface area contributed by atoms with Crippen molar-refractivity contribution in [1.82, 2.24) is 4.98 Å². The van der Waals surface area contributed by atoms with Gasteiger partial charge in [-0.05, 0) is 85.2 Å². The molecule has 1 aliphatic rings. The lowest BCUT2D eigenvalue weighted by atomic mass is 9.92. The van der Waals surface area contributed by atoms with Crippen molar-refractivity contribution >= 4 is 17.6 Å². The van der Waals surface area contributed by atoms with E-state index in [1.807, 2.05) is 32.2 Å². The topological polar surface area (TPSA) is 54.5 Å². The molecule has 166 valence electrons. The zero-order valence-electron chi connectivity index (χ0n) is 18.9. The Balaban J connectivity index is 1.59. The Labute approximate surface area is 188 Å². The Morgan fingerprint density at radius 2 is 1.81 bits per heavy atom. The van der Waals surface area contributed by atoms with Gasteiger partial charge in [-0.1, -0.05) is 12.1 Å². The molecule has 0 bridgehead atoms. The normalized spacial score (nSPS) is 13.0. The summed E-state index contributed by atoms with van der Waals surface area (Å²) in [6, 6.07) is 12.9. The molecule has 0 saturated heterocycles. The van der Waals surface area contributed by atoms with Gasteiger partial charge in [-0.25, -0.2) is 14.2 Å². The van der Waals surface area contributed by atoms with Crippen LogP contribution in [0.1, 0.15) is 24.0 Å². The highest BCUT2D eigenvalue weighted by molar-refractivity contribution is 5.87. The van der Waals surface area contributed by atoms with Crippen LogP contribution in [0.3, 0.4) is 0 Å². The summed E-state index contributed by atoms with van der Waals surface area (Å²) in [7, 11) is 2.84. The Morgan fingerprint density at radius 3 is 2.44 bits per heavy atom. The van der Waals surface area contributed by atoms with Gasteiger partial charge in [-0.15, -0.1) is 0 Å². The van der Waals surface area contributed by atoms with E-state index in [0.29, 0.717) is 11.3 Å². The first-order chi connectivity index (χ1) is 15.4. The Bertz CT molecular complexity index is 1140. The zero-order valence-corrected chi connectivity index (χ0v) is 18.9. The molecule has 0 radical (unpaired) electrons. The third kappa shape index (κ3) is 4.59. The molecule has 1 aliphatic carbocycles. The largest absolute Gasteiger partial charge is 0.452 e. The second-order valence-electron chi connectivity index (χ2n) is 8.43. The number of pyridine rings is 1. The number of hydrogen-bond donors (Lipinski definition) is 1. The van der Waals surface area contributed by atoms with Gasteiger partial charge in [0, 0.05) is 36.6 Å². The number of amides is 1. The summed E-state index contributed by atoms with van der Waals surface area (Å²) in [5, 5.41) is 3.39. The number of halogens is 1. The number of rotatable bonds is 6. The molecule has 1 amide bonds. The molecule has 1 aromatic heterocycles. The second kappa shape index (κ2) is 8.99. The van der Waals surface area contributed by atoms with E-state index >= 15 is 0 Å². The highest BCUT2D eigenvalue weighted by Crippen LogP contribution is 2.34. The van der Waals surface area contributed by atoms with Crippen LogP contribution in [0.25, 0.3) is 22.3 Å². The number of ether oxygens (including phenoxy) is 1. The number of nitrogens with zero attached hydrogens (tertiary/aromatic N) is 2. The van der Waals surface area contributed by atoms with Crippen molar-refractivity contribution in [2.24, 2.45) is 5.92 Å². The van der Waals surface area contributed by atoms with E-state index in [0.717, 1.165) is 46.1 Å². The molecule has 3 aromatic rings. The molecule has 4 rings (SSSR count). The van der Waals surface area contributed by atoms with Crippen molar-refractivity contribution in [3.05, 3.63) is 65.6 Å². The van der Waals surface area contributed by atoms with Crippen molar-refractivity contribution in [3.63, 3.8) is 0 Å². The quantitative estimate of drug-likeness (QED) is 0.503. The van der Waals surface area contributed by atoms with E-state index in [4.69, 9.17) is 4.74 Å². The van der Waals surface area contributed by atoms with Crippen LogP contribution in [0.4, 0.5) is 20.7 Å². The van der Waals surface area contributed by atoms with Gasteiger partial charge >= 0.3 is 6.09 Å². The molecule has 5 nitrogen and oxygen atoms in total. The van der Waals surface area contributed by atoms with Crippen molar-refractivity contribution in [3.8, 4) is 22.3 Å². The number of aryl methyl sites for hydroxylation is 2. The van der Waals surface area contributed by atoms with Gasteiger partial charge in [0.2, 0.25) is 0 Å². The lowest BCUT2D eigenvalue weighted by Gasteiger charge is -2.18. The molecular weight excluding hydrogens is 405 g/mol. The minimum Gasteiger partial charge on any atom is -0.452 e. The number of nitrogens with one attached hydrogen (secondary N) is 1. The van der Waals surface area contributed by atoms with Crippen molar-refractivity contribution in [1.29, 1.82) is 0 Å². The van der Waals surface area contributed by atoms with Crippen LogP contribution in [0.5, 0.6) is 0 Å². The summed E-state index contributed by atoms with van der Waals surface area (Å²) in [6.07, 6.45) is 3.95.